The van der Waals surface area contributed by atoms with Crippen LogP contribution in [0.1, 0.15) is 11.1 Å². The van der Waals surface area contributed by atoms with Crippen LogP contribution in [0.15, 0.2) is 42.5 Å². The molecule has 0 bridgehead atoms. The number of rotatable bonds is 5. The van der Waals surface area contributed by atoms with Crippen LogP contribution in [-0.2, 0) is 13.0 Å². The molecule has 0 saturated carbocycles. The van der Waals surface area contributed by atoms with Gasteiger partial charge in [-0.25, -0.2) is 0 Å². The third-order valence-electron chi connectivity index (χ3n) is 2.82. The molecule has 0 fully saturated rings. The average molecular weight is 278 g/mol. The molecule has 0 radical (unpaired) electrons. The van der Waals surface area contributed by atoms with Gasteiger partial charge in [0.25, 0.3) is 0 Å². The highest BCUT2D eigenvalue weighted by Crippen LogP contribution is 2.30. The normalized spacial score (nSPS) is 10.5. The Kier molecular flexibility index (Phi) is 4.80. The van der Waals surface area contributed by atoms with E-state index in [4.69, 9.17) is 27.2 Å². The summed E-state index contributed by atoms with van der Waals surface area (Å²) in [5, 5.41) is 9.69. The molecule has 0 saturated heterocycles. The van der Waals surface area contributed by atoms with Gasteiger partial charge in [-0.1, -0.05) is 29.8 Å². The Labute approximate surface area is 117 Å². The number of hydrogen-bond acceptors (Lipinski definition) is 3. The predicted molar refractivity (Wildman–Crippen MR) is 76.6 cm³/mol. The first-order valence-electron chi connectivity index (χ1n) is 6.09. The monoisotopic (exact) mass is 277 g/mol. The lowest BCUT2D eigenvalue weighted by atomic mass is 10.1. The molecule has 4 heteroatoms. The minimum atomic E-state index is 0.0880. The van der Waals surface area contributed by atoms with Crippen molar-refractivity contribution < 1.29 is 9.84 Å². The van der Waals surface area contributed by atoms with E-state index in [1.54, 1.807) is 18.2 Å². The van der Waals surface area contributed by atoms with Crippen molar-refractivity contribution >= 4 is 11.6 Å². The fourth-order valence-corrected chi connectivity index (χ4v) is 2.05. The SMILES string of the molecule is NCc1cc(Cl)ccc1Oc1ccccc1CCO. The first kappa shape index (κ1) is 13.9. The maximum absolute atomic E-state index is 9.05. The minimum Gasteiger partial charge on any atom is -0.457 e. The Hall–Kier alpha value is -1.55. The van der Waals surface area contributed by atoms with Crippen molar-refractivity contribution in [3.8, 4) is 11.5 Å². The van der Waals surface area contributed by atoms with Gasteiger partial charge in [0.2, 0.25) is 0 Å². The molecular formula is C15H16ClNO2. The molecular weight excluding hydrogens is 262 g/mol. The van der Waals surface area contributed by atoms with Gasteiger partial charge in [-0.3, -0.25) is 0 Å². The zero-order valence-corrected chi connectivity index (χ0v) is 11.2. The number of hydrogen-bond donors (Lipinski definition) is 2. The molecule has 2 rings (SSSR count). The van der Waals surface area contributed by atoms with Crippen LogP contribution in [0, 0.1) is 0 Å². The lowest BCUT2D eigenvalue weighted by molar-refractivity contribution is 0.298. The zero-order chi connectivity index (χ0) is 13.7. The molecule has 0 spiro atoms. The van der Waals surface area contributed by atoms with E-state index in [1.807, 2.05) is 24.3 Å². The van der Waals surface area contributed by atoms with E-state index in [9.17, 15) is 0 Å². The van der Waals surface area contributed by atoms with Crippen LogP contribution in [-0.4, -0.2) is 11.7 Å². The van der Waals surface area contributed by atoms with Gasteiger partial charge >= 0.3 is 0 Å². The van der Waals surface area contributed by atoms with Crippen molar-refractivity contribution in [3.05, 3.63) is 58.6 Å². The lowest BCUT2D eigenvalue weighted by Gasteiger charge is -2.13. The van der Waals surface area contributed by atoms with Crippen LogP contribution in [0.3, 0.4) is 0 Å². The molecule has 0 unspecified atom stereocenters. The molecule has 0 aliphatic carbocycles. The smallest absolute Gasteiger partial charge is 0.132 e. The van der Waals surface area contributed by atoms with E-state index in [1.165, 1.54) is 0 Å². The van der Waals surface area contributed by atoms with Crippen molar-refractivity contribution in [2.24, 2.45) is 5.73 Å². The van der Waals surface area contributed by atoms with E-state index >= 15 is 0 Å². The van der Waals surface area contributed by atoms with Crippen molar-refractivity contribution in [1.82, 2.24) is 0 Å². The average Bonchev–Trinajstić information content (AvgIpc) is 2.43. The number of nitrogens with two attached hydrogens (primary N) is 1. The van der Waals surface area contributed by atoms with Gasteiger partial charge in [-0.2, -0.15) is 0 Å². The largest absolute Gasteiger partial charge is 0.457 e. The summed E-state index contributed by atoms with van der Waals surface area (Å²) in [5.41, 5.74) is 7.51. The number of halogens is 1. The Morgan fingerprint density at radius 2 is 1.79 bits per heavy atom. The van der Waals surface area contributed by atoms with Crippen molar-refractivity contribution in [1.29, 1.82) is 0 Å². The summed E-state index contributed by atoms with van der Waals surface area (Å²) in [6.45, 7) is 0.447. The van der Waals surface area contributed by atoms with Crippen LogP contribution in [0.2, 0.25) is 5.02 Å². The van der Waals surface area contributed by atoms with Crippen LogP contribution >= 0.6 is 11.6 Å². The quantitative estimate of drug-likeness (QED) is 0.883. The Morgan fingerprint density at radius 3 is 2.53 bits per heavy atom. The maximum Gasteiger partial charge on any atom is 0.132 e. The molecule has 3 nitrogen and oxygen atoms in total. The molecule has 2 aromatic carbocycles. The summed E-state index contributed by atoms with van der Waals surface area (Å²) in [6, 6.07) is 13.0. The second-order valence-electron chi connectivity index (χ2n) is 4.14. The minimum absolute atomic E-state index is 0.0880. The van der Waals surface area contributed by atoms with Crippen molar-refractivity contribution in [2.75, 3.05) is 6.61 Å². The van der Waals surface area contributed by atoms with Crippen LogP contribution in [0.5, 0.6) is 11.5 Å². The standard InChI is InChI=1S/C15H16ClNO2/c16-13-5-6-15(12(9-13)10-17)19-14-4-2-1-3-11(14)7-8-18/h1-6,9,18H,7-8,10,17H2. The molecule has 100 valence electrons. The first-order chi connectivity index (χ1) is 9.24. The van der Waals surface area contributed by atoms with Gasteiger partial charge < -0.3 is 15.6 Å². The molecule has 0 aromatic heterocycles. The number of benzene rings is 2. The van der Waals surface area contributed by atoms with Crippen LogP contribution in [0.4, 0.5) is 0 Å². The van der Waals surface area contributed by atoms with Crippen molar-refractivity contribution in [3.63, 3.8) is 0 Å². The second kappa shape index (κ2) is 6.57. The maximum atomic E-state index is 9.05. The third kappa shape index (κ3) is 3.47. The van der Waals surface area contributed by atoms with Gasteiger partial charge in [0.05, 0.1) is 0 Å². The highest BCUT2D eigenvalue weighted by Gasteiger charge is 2.08. The van der Waals surface area contributed by atoms with Gasteiger partial charge in [-0.05, 0) is 36.2 Å². The van der Waals surface area contributed by atoms with Crippen molar-refractivity contribution in [2.45, 2.75) is 13.0 Å². The first-order valence-corrected chi connectivity index (χ1v) is 6.47. The molecule has 0 atom stereocenters. The predicted octanol–water partition coefficient (Wildman–Crippen LogP) is 3.13. The lowest BCUT2D eigenvalue weighted by Crippen LogP contribution is -2.01. The van der Waals surface area contributed by atoms with E-state index in [2.05, 4.69) is 0 Å². The third-order valence-corrected chi connectivity index (χ3v) is 3.05. The molecule has 19 heavy (non-hydrogen) atoms. The number of aliphatic hydroxyl groups is 1. The van der Waals surface area contributed by atoms with E-state index in [0.717, 1.165) is 16.9 Å². The van der Waals surface area contributed by atoms with Crippen LogP contribution < -0.4 is 10.5 Å². The summed E-state index contributed by atoms with van der Waals surface area (Å²) in [5.74, 6) is 1.42. The summed E-state index contributed by atoms with van der Waals surface area (Å²) < 4.78 is 5.89. The fraction of sp³-hybridized carbons (Fsp3) is 0.200. The molecule has 3 N–H and O–H groups in total. The summed E-state index contributed by atoms with van der Waals surface area (Å²) in [7, 11) is 0. The molecule has 2 aromatic rings. The van der Waals surface area contributed by atoms with Gasteiger partial charge in [0.1, 0.15) is 11.5 Å². The Morgan fingerprint density at radius 1 is 1.05 bits per heavy atom. The Balaban J connectivity index is 2.30. The Bertz CT molecular complexity index is 558. The number of para-hydroxylation sites is 1. The summed E-state index contributed by atoms with van der Waals surface area (Å²) >= 11 is 5.94. The molecule has 0 amide bonds. The number of aliphatic hydroxyl groups excluding tert-OH is 1. The molecule has 0 heterocycles. The number of ether oxygens (including phenoxy) is 1. The van der Waals surface area contributed by atoms with Gasteiger partial charge in [0, 0.05) is 23.7 Å². The van der Waals surface area contributed by atoms with Crippen LogP contribution in [0.25, 0.3) is 0 Å². The van der Waals surface area contributed by atoms with Gasteiger partial charge in [-0.15, -0.1) is 0 Å². The zero-order valence-electron chi connectivity index (χ0n) is 10.5. The molecule has 0 aliphatic rings. The van der Waals surface area contributed by atoms with E-state index < -0.39 is 0 Å². The highest BCUT2D eigenvalue weighted by atomic mass is 35.5. The molecule has 0 aliphatic heterocycles. The van der Waals surface area contributed by atoms with Gasteiger partial charge in [0.15, 0.2) is 0 Å². The summed E-state index contributed by atoms with van der Waals surface area (Å²) in [6.07, 6.45) is 0.557. The topological polar surface area (TPSA) is 55.5 Å². The second-order valence-corrected chi connectivity index (χ2v) is 4.58. The highest BCUT2D eigenvalue weighted by molar-refractivity contribution is 6.30. The van der Waals surface area contributed by atoms with E-state index in [-0.39, 0.29) is 6.61 Å². The fourth-order valence-electron chi connectivity index (χ4n) is 1.86. The van der Waals surface area contributed by atoms with E-state index in [0.29, 0.717) is 23.7 Å². The summed E-state index contributed by atoms with van der Waals surface area (Å²) in [4.78, 5) is 0.